The van der Waals surface area contributed by atoms with E-state index in [1.807, 2.05) is 60.7 Å². The van der Waals surface area contributed by atoms with Crippen molar-refractivity contribution in [1.29, 1.82) is 0 Å². The molecule has 0 spiro atoms. The smallest absolute Gasteiger partial charge is 0.410 e. The molecule has 0 radical (unpaired) electrons. The monoisotopic (exact) mass is 396 g/mol. The van der Waals surface area contributed by atoms with E-state index in [1.54, 1.807) is 11.8 Å². The summed E-state index contributed by atoms with van der Waals surface area (Å²) in [6.45, 7) is 2.92. The average molecular weight is 396 g/mol. The molecule has 1 atom stereocenters. The molecule has 1 aliphatic heterocycles. The molecule has 6 nitrogen and oxygen atoms in total. The molecule has 1 fully saturated rings. The lowest BCUT2D eigenvalue weighted by molar-refractivity contribution is -0.142. The first-order valence-electron chi connectivity index (χ1n) is 9.97. The Morgan fingerprint density at radius 1 is 1.07 bits per heavy atom. The lowest BCUT2D eigenvalue weighted by atomic mass is 9.96. The molecule has 0 bridgehead atoms. The predicted octanol–water partition coefficient (Wildman–Crippen LogP) is 3.20. The first-order chi connectivity index (χ1) is 14.0. The van der Waals surface area contributed by atoms with Crippen molar-refractivity contribution in [3.05, 3.63) is 71.8 Å². The Kier molecular flexibility index (Phi) is 6.88. The van der Waals surface area contributed by atoms with E-state index in [1.165, 1.54) is 4.90 Å². The molecule has 1 unspecified atom stereocenters. The van der Waals surface area contributed by atoms with Crippen LogP contribution in [0.25, 0.3) is 0 Å². The van der Waals surface area contributed by atoms with Crippen LogP contribution in [0.1, 0.15) is 30.9 Å². The summed E-state index contributed by atoms with van der Waals surface area (Å²) in [6, 6.07) is 19.1. The molecule has 3 rings (SSSR count). The zero-order valence-electron chi connectivity index (χ0n) is 16.8. The summed E-state index contributed by atoms with van der Waals surface area (Å²) < 4.78 is 5.48. The largest absolute Gasteiger partial charge is 0.445 e. The summed E-state index contributed by atoms with van der Waals surface area (Å²) in [5.74, 6) is -0.162. The molecule has 1 N–H and O–H groups in total. The number of amides is 2. The van der Waals surface area contributed by atoms with Crippen LogP contribution in [0.4, 0.5) is 4.79 Å². The Morgan fingerprint density at radius 2 is 1.69 bits per heavy atom. The van der Waals surface area contributed by atoms with E-state index in [9.17, 15) is 14.7 Å². The maximum atomic E-state index is 13.4. The lowest BCUT2D eigenvalue weighted by Gasteiger charge is -2.37. The van der Waals surface area contributed by atoms with E-state index < -0.39 is 11.6 Å². The van der Waals surface area contributed by atoms with Crippen LogP contribution < -0.4 is 0 Å². The Labute approximate surface area is 171 Å². The zero-order valence-corrected chi connectivity index (χ0v) is 16.8. The quantitative estimate of drug-likeness (QED) is 0.780. The summed E-state index contributed by atoms with van der Waals surface area (Å²) in [4.78, 5) is 29.3. The van der Waals surface area contributed by atoms with Crippen LogP contribution in [0, 0.1) is 0 Å². The van der Waals surface area contributed by atoms with Gasteiger partial charge in [0.25, 0.3) is 0 Å². The summed E-state index contributed by atoms with van der Waals surface area (Å²) in [7, 11) is 0. The molecular weight excluding hydrogens is 368 g/mol. The number of hydrogen-bond donors (Lipinski definition) is 1. The van der Waals surface area contributed by atoms with Gasteiger partial charge in [-0.05, 0) is 30.9 Å². The molecule has 29 heavy (non-hydrogen) atoms. The van der Waals surface area contributed by atoms with Crippen molar-refractivity contribution in [1.82, 2.24) is 9.80 Å². The summed E-state index contributed by atoms with van der Waals surface area (Å²) in [5.41, 5.74) is 0.908. The highest BCUT2D eigenvalue weighted by Gasteiger charge is 2.48. The van der Waals surface area contributed by atoms with Gasteiger partial charge in [-0.25, -0.2) is 4.79 Å². The highest BCUT2D eigenvalue weighted by Crippen LogP contribution is 2.32. The third kappa shape index (κ3) is 4.95. The molecular formula is C23H28N2O4. The van der Waals surface area contributed by atoms with Crippen LogP contribution in [0.15, 0.2) is 60.7 Å². The Morgan fingerprint density at radius 3 is 2.31 bits per heavy atom. The van der Waals surface area contributed by atoms with E-state index >= 15 is 0 Å². The second-order valence-corrected chi connectivity index (χ2v) is 7.51. The van der Waals surface area contributed by atoms with Gasteiger partial charge in [0.1, 0.15) is 12.1 Å². The number of aliphatic hydroxyl groups excluding tert-OH is 1. The minimum atomic E-state index is -0.974. The first kappa shape index (κ1) is 20.9. The lowest BCUT2D eigenvalue weighted by Crippen LogP contribution is -2.56. The van der Waals surface area contributed by atoms with Crippen molar-refractivity contribution in [2.45, 2.75) is 38.5 Å². The normalized spacial score (nSPS) is 18.5. The van der Waals surface area contributed by atoms with Crippen LogP contribution in [-0.2, 0) is 22.7 Å². The second-order valence-electron chi connectivity index (χ2n) is 7.51. The maximum Gasteiger partial charge on any atom is 0.410 e. The van der Waals surface area contributed by atoms with Crippen molar-refractivity contribution in [3.8, 4) is 0 Å². The maximum absolute atomic E-state index is 13.4. The van der Waals surface area contributed by atoms with Gasteiger partial charge in [0.2, 0.25) is 5.91 Å². The van der Waals surface area contributed by atoms with Gasteiger partial charge in [0.15, 0.2) is 0 Å². The Bertz CT molecular complexity index is 812. The van der Waals surface area contributed by atoms with E-state index in [-0.39, 0.29) is 25.7 Å². The van der Waals surface area contributed by atoms with E-state index in [0.29, 0.717) is 19.5 Å². The number of aliphatic hydroxyl groups is 1. The van der Waals surface area contributed by atoms with Gasteiger partial charge in [-0.3, -0.25) is 9.69 Å². The standard InChI is InChI=1S/C23H28N2O4/c1-23(21(27)24(15-16-26)17-19-9-4-2-5-10-19)13-8-14-25(23)22(28)29-18-20-11-6-3-7-12-20/h2-7,9-12,26H,8,13-18H2,1H3. The van der Waals surface area contributed by atoms with Crippen molar-refractivity contribution < 1.29 is 19.4 Å². The molecule has 2 aromatic carbocycles. The number of nitrogens with zero attached hydrogens (tertiary/aromatic N) is 2. The minimum absolute atomic E-state index is 0.132. The van der Waals surface area contributed by atoms with Crippen LogP contribution >= 0.6 is 0 Å². The fraction of sp³-hybridized carbons (Fsp3) is 0.391. The number of rotatable bonds is 7. The zero-order chi connectivity index (χ0) is 20.7. The SMILES string of the molecule is CC1(C(=O)N(CCO)Cc2ccccc2)CCCN1C(=O)OCc1ccccc1. The highest BCUT2D eigenvalue weighted by atomic mass is 16.6. The fourth-order valence-electron chi connectivity index (χ4n) is 3.79. The van der Waals surface area contributed by atoms with Gasteiger partial charge in [0.05, 0.1) is 6.61 Å². The van der Waals surface area contributed by atoms with Crippen LogP contribution in [0.5, 0.6) is 0 Å². The second kappa shape index (κ2) is 9.56. The van der Waals surface area contributed by atoms with Gasteiger partial charge in [-0.1, -0.05) is 60.7 Å². The molecule has 2 aromatic rings. The predicted molar refractivity (Wildman–Crippen MR) is 110 cm³/mol. The summed E-state index contributed by atoms with van der Waals surface area (Å²) in [5, 5.41) is 9.48. The number of likely N-dealkylation sites (tertiary alicyclic amines) is 1. The Hall–Kier alpha value is -2.86. The molecule has 154 valence electrons. The van der Waals surface area contributed by atoms with Crippen LogP contribution in [-0.4, -0.2) is 52.1 Å². The van der Waals surface area contributed by atoms with Gasteiger partial charge >= 0.3 is 6.09 Å². The van der Waals surface area contributed by atoms with Crippen molar-refractivity contribution in [3.63, 3.8) is 0 Å². The van der Waals surface area contributed by atoms with Gasteiger partial charge in [-0.2, -0.15) is 0 Å². The fourth-order valence-corrected chi connectivity index (χ4v) is 3.79. The number of carbonyl (C=O) groups excluding carboxylic acids is 2. The van der Waals surface area contributed by atoms with Crippen molar-refractivity contribution in [2.24, 2.45) is 0 Å². The molecule has 1 heterocycles. The van der Waals surface area contributed by atoms with Gasteiger partial charge < -0.3 is 14.7 Å². The van der Waals surface area contributed by atoms with Gasteiger partial charge in [-0.15, -0.1) is 0 Å². The van der Waals surface area contributed by atoms with E-state index in [0.717, 1.165) is 17.5 Å². The van der Waals surface area contributed by atoms with Crippen LogP contribution in [0.2, 0.25) is 0 Å². The number of ether oxygens (including phenoxy) is 1. The highest BCUT2D eigenvalue weighted by molar-refractivity contribution is 5.90. The van der Waals surface area contributed by atoms with Crippen LogP contribution in [0.3, 0.4) is 0 Å². The number of benzene rings is 2. The van der Waals surface area contributed by atoms with Crippen molar-refractivity contribution in [2.75, 3.05) is 19.7 Å². The number of hydrogen-bond acceptors (Lipinski definition) is 4. The number of carbonyl (C=O) groups is 2. The molecule has 0 saturated carbocycles. The topological polar surface area (TPSA) is 70.1 Å². The molecule has 0 aliphatic carbocycles. The molecule has 0 aromatic heterocycles. The minimum Gasteiger partial charge on any atom is -0.445 e. The van der Waals surface area contributed by atoms with E-state index in [4.69, 9.17) is 4.74 Å². The van der Waals surface area contributed by atoms with Crippen molar-refractivity contribution >= 4 is 12.0 Å². The summed E-state index contributed by atoms with van der Waals surface area (Å²) >= 11 is 0. The molecule has 6 heteroatoms. The van der Waals surface area contributed by atoms with Gasteiger partial charge in [0, 0.05) is 19.6 Å². The average Bonchev–Trinajstić information content (AvgIpc) is 3.15. The Balaban J connectivity index is 1.71. The first-order valence-corrected chi connectivity index (χ1v) is 9.97. The molecule has 2 amide bonds. The summed E-state index contributed by atoms with van der Waals surface area (Å²) in [6.07, 6.45) is 0.829. The molecule has 1 aliphatic rings. The third-order valence-electron chi connectivity index (χ3n) is 5.40. The third-order valence-corrected chi connectivity index (χ3v) is 5.40. The molecule has 1 saturated heterocycles. The van der Waals surface area contributed by atoms with E-state index in [2.05, 4.69) is 0 Å².